The maximum atomic E-state index is 11.5. The van der Waals surface area contributed by atoms with E-state index in [9.17, 15) is 4.79 Å². The Labute approximate surface area is 103 Å². The molecular formula is C13H13BrO2. The van der Waals surface area contributed by atoms with Crippen molar-refractivity contribution in [1.82, 2.24) is 0 Å². The van der Waals surface area contributed by atoms with Crippen LogP contribution >= 0.6 is 15.9 Å². The molecule has 2 nitrogen and oxygen atoms in total. The van der Waals surface area contributed by atoms with Gasteiger partial charge >= 0.3 is 5.97 Å². The number of halogens is 1. The van der Waals surface area contributed by atoms with Gasteiger partial charge in [0.15, 0.2) is 5.60 Å². The molecule has 2 fully saturated rings. The maximum absolute atomic E-state index is 11.5. The molecule has 0 amide bonds. The molecule has 2 aliphatic rings. The number of carbonyl (C=O) groups excluding carboxylic acids is 1. The van der Waals surface area contributed by atoms with Gasteiger partial charge in [-0.1, -0.05) is 34.5 Å². The molecular weight excluding hydrogens is 268 g/mol. The van der Waals surface area contributed by atoms with Crippen LogP contribution in [0.3, 0.4) is 0 Å². The zero-order chi connectivity index (χ0) is 11.2. The maximum Gasteiger partial charge on any atom is 0.314 e. The molecule has 3 heteroatoms. The van der Waals surface area contributed by atoms with Gasteiger partial charge < -0.3 is 4.74 Å². The van der Waals surface area contributed by atoms with Crippen LogP contribution in [0.1, 0.15) is 31.2 Å². The van der Waals surface area contributed by atoms with Gasteiger partial charge in [-0.3, -0.25) is 4.79 Å². The first-order valence-electron chi connectivity index (χ1n) is 5.71. The lowest BCUT2D eigenvalue weighted by Crippen LogP contribution is -2.56. The van der Waals surface area contributed by atoms with Gasteiger partial charge in [0, 0.05) is 4.47 Å². The largest absolute Gasteiger partial charge is 0.453 e. The lowest BCUT2D eigenvalue weighted by Gasteiger charge is -2.50. The Balaban J connectivity index is 1.98. The highest BCUT2D eigenvalue weighted by Crippen LogP contribution is 2.52. The summed E-state index contributed by atoms with van der Waals surface area (Å²) in [6.07, 6.45) is 4.26. The minimum absolute atomic E-state index is 0.0115. The molecule has 1 saturated heterocycles. The first kappa shape index (κ1) is 10.3. The smallest absolute Gasteiger partial charge is 0.314 e. The summed E-state index contributed by atoms with van der Waals surface area (Å²) in [6.45, 7) is 0. The summed E-state index contributed by atoms with van der Waals surface area (Å²) in [5.74, 6) is 0.0880. The second kappa shape index (κ2) is 3.59. The van der Waals surface area contributed by atoms with Crippen molar-refractivity contribution in [1.29, 1.82) is 0 Å². The highest BCUT2D eigenvalue weighted by atomic mass is 79.9. The second-order valence-electron chi connectivity index (χ2n) is 4.62. The van der Waals surface area contributed by atoms with E-state index in [1.807, 2.05) is 12.1 Å². The van der Waals surface area contributed by atoms with Crippen molar-refractivity contribution in [2.45, 2.75) is 31.3 Å². The van der Waals surface area contributed by atoms with Crippen LogP contribution in [0.5, 0.6) is 0 Å². The van der Waals surface area contributed by atoms with Gasteiger partial charge in [0.25, 0.3) is 0 Å². The van der Waals surface area contributed by atoms with Crippen LogP contribution < -0.4 is 0 Å². The van der Waals surface area contributed by atoms with Crippen molar-refractivity contribution in [3.8, 4) is 0 Å². The summed E-state index contributed by atoms with van der Waals surface area (Å²) < 4.78 is 6.56. The van der Waals surface area contributed by atoms with E-state index in [2.05, 4.69) is 28.1 Å². The Morgan fingerprint density at radius 1 is 1.25 bits per heavy atom. The predicted molar refractivity (Wildman–Crippen MR) is 63.9 cm³/mol. The van der Waals surface area contributed by atoms with E-state index in [4.69, 9.17) is 4.74 Å². The number of rotatable bonds is 1. The average molecular weight is 281 g/mol. The van der Waals surface area contributed by atoms with Crippen molar-refractivity contribution in [2.24, 2.45) is 5.92 Å². The summed E-state index contributed by atoms with van der Waals surface area (Å²) in [5.41, 5.74) is 0.857. The highest BCUT2D eigenvalue weighted by molar-refractivity contribution is 9.10. The van der Waals surface area contributed by atoms with Gasteiger partial charge in [-0.15, -0.1) is 0 Å². The SMILES string of the molecule is O=C1O[C@]2(c3ccc(Br)cc3)CCCC[C@H]12. The molecule has 3 rings (SSSR count). The second-order valence-corrected chi connectivity index (χ2v) is 5.53. The molecule has 0 aromatic heterocycles. The van der Waals surface area contributed by atoms with Crippen LogP contribution in [0, 0.1) is 5.92 Å². The number of hydrogen-bond acceptors (Lipinski definition) is 2. The zero-order valence-corrected chi connectivity index (χ0v) is 10.5. The summed E-state index contributed by atoms with van der Waals surface area (Å²) in [5, 5.41) is 0. The molecule has 0 bridgehead atoms. The molecule has 1 aliphatic heterocycles. The van der Waals surface area contributed by atoms with E-state index >= 15 is 0 Å². The van der Waals surface area contributed by atoms with Gasteiger partial charge in [-0.25, -0.2) is 0 Å². The lowest BCUT2D eigenvalue weighted by atomic mass is 9.67. The van der Waals surface area contributed by atoms with E-state index in [1.165, 1.54) is 0 Å². The third kappa shape index (κ3) is 1.34. The number of ether oxygens (including phenoxy) is 1. The number of esters is 1. The van der Waals surface area contributed by atoms with E-state index in [0.29, 0.717) is 0 Å². The van der Waals surface area contributed by atoms with Crippen LogP contribution in [0.25, 0.3) is 0 Å². The van der Waals surface area contributed by atoms with E-state index < -0.39 is 0 Å². The zero-order valence-electron chi connectivity index (χ0n) is 8.91. The van der Waals surface area contributed by atoms with Crippen LogP contribution in [-0.4, -0.2) is 5.97 Å². The number of fused-ring (bicyclic) bond motifs is 1. The number of hydrogen-bond donors (Lipinski definition) is 0. The highest BCUT2D eigenvalue weighted by Gasteiger charge is 2.58. The molecule has 0 radical (unpaired) electrons. The van der Waals surface area contributed by atoms with Crippen LogP contribution in [0.2, 0.25) is 0 Å². The van der Waals surface area contributed by atoms with Gasteiger partial charge in [0.05, 0.1) is 0 Å². The van der Waals surface area contributed by atoms with E-state index in [-0.39, 0.29) is 17.5 Å². The molecule has 16 heavy (non-hydrogen) atoms. The average Bonchev–Trinajstić information content (AvgIpc) is 2.28. The Hall–Kier alpha value is -0.830. The van der Waals surface area contributed by atoms with Crippen molar-refractivity contribution in [3.63, 3.8) is 0 Å². The summed E-state index contributed by atoms with van der Waals surface area (Å²) in [7, 11) is 0. The Kier molecular flexibility index (Phi) is 2.32. The Morgan fingerprint density at radius 2 is 2.00 bits per heavy atom. The summed E-state index contributed by atoms with van der Waals surface area (Å²) in [6, 6.07) is 8.16. The topological polar surface area (TPSA) is 26.3 Å². The Morgan fingerprint density at radius 3 is 2.69 bits per heavy atom. The monoisotopic (exact) mass is 280 g/mol. The minimum Gasteiger partial charge on any atom is -0.453 e. The summed E-state index contributed by atoms with van der Waals surface area (Å²) in [4.78, 5) is 11.5. The third-order valence-electron chi connectivity index (χ3n) is 3.75. The van der Waals surface area contributed by atoms with E-state index in [0.717, 1.165) is 35.7 Å². The van der Waals surface area contributed by atoms with Crippen LogP contribution in [0.15, 0.2) is 28.7 Å². The molecule has 1 saturated carbocycles. The molecule has 1 aromatic rings. The van der Waals surface area contributed by atoms with Gasteiger partial charge in [0.2, 0.25) is 0 Å². The number of carbonyl (C=O) groups is 1. The minimum atomic E-state index is -0.296. The normalized spacial score (nSPS) is 32.6. The van der Waals surface area contributed by atoms with Gasteiger partial charge in [0.1, 0.15) is 5.92 Å². The van der Waals surface area contributed by atoms with Crippen molar-refractivity contribution in [2.75, 3.05) is 0 Å². The molecule has 1 heterocycles. The molecule has 0 unspecified atom stereocenters. The molecule has 0 spiro atoms. The fourth-order valence-corrected chi connectivity index (χ4v) is 3.17. The third-order valence-corrected chi connectivity index (χ3v) is 4.28. The van der Waals surface area contributed by atoms with Gasteiger partial charge in [-0.05, 0) is 37.0 Å². The molecule has 1 aliphatic carbocycles. The fourth-order valence-electron chi connectivity index (χ4n) is 2.90. The van der Waals surface area contributed by atoms with Crippen molar-refractivity contribution < 1.29 is 9.53 Å². The molecule has 2 atom stereocenters. The Bertz CT molecular complexity index is 426. The van der Waals surface area contributed by atoms with Crippen molar-refractivity contribution in [3.05, 3.63) is 34.3 Å². The first-order valence-corrected chi connectivity index (χ1v) is 6.50. The summed E-state index contributed by atoms with van der Waals surface area (Å²) >= 11 is 3.42. The van der Waals surface area contributed by atoms with Crippen LogP contribution in [0.4, 0.5) is 0 Å². The van der Waals surface area contributed by atoms with Crippen molar-refractivity contribution >= 4 is 21.9 Å². The standard InChI is InChI=1S/C13H13BrO2/c14-10-6-4-9(5-7-10)13-8-2-1-3-11(13)12(15)16-13/h4-7,11H,1-3,8H2/t11-,13+/m1/s1. The van der Waals surface area contributed by atoms with E-state index in [1.54, 1.807) is 0 Å². The first-order chi connectivity index (χ1) is 7.72. The molecule has 1 aromatic carbocycles. The quantitative estimate of drug-likeness (QED) is 0.737. The van der Waals surface area contributed by atoms with Gasteiger partial charge in [-0.2, -0.15) is 0 Å². The lowest BCUT2D eigenvalue weighted by molar-refractivity contribution is -0.225. The molecule has 0 N–H and O–H groups in total. The molecule has 84 valence electrons. The predicted octanol–water partition coefficient (Wildman–Crippen LogP) is 3.39. The number of benzene rings is 1. The van der Waals surface area contributed by atoms with Crippen LogP contribution in [-0.2, 0) is 15.1 Å². The fraction of sp³-hybridized carbons (Fsp3) is 0.462.